The Morgan fingerprint density at radius 3 is 1.84 bits per heavy atom. The fraction of sp³-hybridized carbons (Fsp3) is 0. The minimum atomic E-state index is 0.908. The molecule has 3 heterocycles. The predicted molar refractivity (Wildman–Crippen MR) is 180 cm³/mol. The lowest BCUT2D eigenvalue weighted by molar-refractivity contribution is 0.669. The molecule has 0 unspecified atom stereocenters. The second kappa shape index (κ2) is 8.37. The van der Waals surface area contributed by atoms with Gasteiger partial charge in [0.25, 0.3) is 0 Å². The maximum absolute atomic E-state index is 6.19. The molecule has 0 aliphatic rings. The predicted octanol–water partition coefficient (Wildman–Crippen LogP) is 10.9. The number of para-hydroxylation sites is 4. The lowest BCUT2D eigenvalue weighted by Gasteiger charge is -2.11. The number of aromatic nitrogens is 2. The standard InChI is InChI=1S/C40H24N2O/c1-2-10-25(11-3-1)41-35-16-8-5-14-32(35)39-29-19-20-30-27-12-4-7-15-34(27)42(40(30)31(29)21-22-36(39)41)26-18-23-38-33(24-26)28-13-6-9-17-37(28)43-38/h1-24H. The van der Waals surface area contributed by atoms with Crippen molar-refractivity contribution in [3.63, 3.8) is 0 Å². The highest BCUT2D eigenvalue weighted by Gasteiger charge is 2.20. The Bertz CT molecular complexity index is 2720. The van der Waals surface area contributed by atoms with E-state index in [1.54, 1.807) is 0 Å². The van der Waals surface area contributed by atoms with Gasteiger partial charge in [-0.05, 0) is 60.0 Å². The van der Waals surface area contributed by atoms with E-state index in [9.17, 15) is 0 Å². The maximum Gasteiger partial charge on any atom is 0.135 e. The monoisotopic (exact) mass is 548 g/mol. The highest BCUT2D eigenvalue weighted by Crippen LogP contribution is 2.42. The van der Waals surface area contributed by atoms with Gasteiger partial charge in [-0.2, -0.15) is 0 Å². The van der Waals surface area contributed by atoms with E-state index in [4.69, 9.17) is 4.42 Å². The smallest absolute Gasteiger partial charge is 0.135 e. The molecule has 0 aliphatic heterocycles. The summed E-state index contributed by atoms with van der Waals surface area (Å²) in [4.78, 5) is 0. The quantitative estimate of drug-likeness (QED) is 0.211. The minimum Gasteiger partial charge on any atom is -0.456 e. The Kier molecular flexibility index (Phi) is 4.45. The Balaban J connectivity index is 1.37. The van der Waals surface area contributed by atoms with E-state index in [0.717, 1.165) is 27.6 Å². The topological polar surface area (TPSA) is 23.0 Å². The average Bonchev–Trinajstić information content (AvgIpc) is 3.72. The molecule has 0 N–H and O–H groups in total. The summed E-state index contributed by atoms with van der Waals surface area (Å²) in [5.74, 6) is 0. The van der Waals surface area contributed by atoms with Crippen LogP contribution in [-0.2, 0) is 0 Å². The SMILES string of the molecule is c1ccc(-n2c3ccccc3c3c4ccc5c6ccccc6n(-c6ccc7oc8ccccc8c7c6)c5c4ccc32)cc1. The number of hydrogen-bond donors (Lipinski definition) is 0. The molecule has 3 nitrogen and oxygen atoms in total. The molecule has 10 aromatic rings. The second-order valence-corrected chi connectivity index (χ2v) is 11.3. The normalized spacial score (nSPS) is 12.2. The van der Waals surface area contributed by atoms with Crippen LogP contribution in [0.3, 0.4) is 0 Å². The summed E-state index contributed by atoms with van der Waals surface area (Å²) in [6.45, 7) is 0. The molecule has 0 bridgehead atoms. The third-order valence-corrected chi connectivity index (χ3v) is 9.10. The first-order valence-electron chi connectivity index (χ1n) is 14.7. The fourth-order valence-electron chi connectivity index (χ4n) is 7.31. The summed E-state index contributed by atoms with van der Waals surface area (Å²) >= 11 is 0. The van der Waals surface area contributed by atoms with E-state index >= 15 is 0 Å². The van der Waals surface area contributed by atoms with Gasteiger partial charge >= 0.3 is 0 Å². The molecule has 43 heavy (non-hydrogen) atoms. The van der Waals surface area contributed by atoms with Crippen molar-refractivity contribution in [2.75, 3.05) is 0 Å². The Labute approximate surface area is 246 Å². The first kappa shape index (κ1) is 22.8. The highest BCUT2D eigenvalue weighted by molar-refractivity contribution is 6.28. The Morgan fingerprint density at radius 2 is 0.977 bits per heavy atom. The van der Waals surface area contributed by atoms with Gasteiger partial charge in [0.15, 0.2) is 0 Å². The van der Waals surface area contributed by atoms with Crippen molar-refractivity contribution >= 4 is 76.3 Å². The number of benzene rings is 7. The number of fused-ring (bicyclic) bond motifs is 12. The summed E-state index contributed by atoms with van der Waals surface area (Å²) in [5, 5.41) is 9.83. The van der Waals surface area contributed by atoms with Crippen molar-refractivity contribution in [3.05, 3.63) is 146 Å². The van der Waals surface area contributed by atoms with Crippen LogP contribution >= 0.6 is 0 Å². The maximum atomic E-state index is 6.19. The highest BCUT2D eigenvalue weighted by atomic mass is 16.3. The number of hydrogen-bond acceptors (Lipinski definition) is 1. The fourth-order valence-corrected chi connectivity index (χ4v) is 7.31. The van der Waals surface area contributed by atoms with Crippen molar-refractivity contribution in [2.45, 2.75) is 0 Å². The van der Waals surface area contributed by atoms with E-state index in [1.807, 2.05) is 12.1 Å². The molecule has 3 aromatic heterocycles. The molecular formula is C40H24N2O. The van der Waals surface area contributed by atoms with Crippen LogP contribution in [0.5, 0.6) is 0 Å². The van der Waals surface area contributed by atoms with Crippen LogP contribution in [0.15, 0.2) is 150 Å². The molecular weight excluding hydrogens is 524 g/mol. The van der Waals surface area contributed by atoms with Gasteiger partial charge in [-0.3, -0.25) is 0 Å². The minimum absolute atomic E-state index is 0.908. The Hall–Kier alpha value is -5.80. The van der Waals surface area contributed by atoms with E-state index in [1.165, 1.54) is 60.1 Å². The van der Waals surface area contributed by atoms with Gasteiger partial charge in [-0.1, -0.05) is 91.0 Å². The van der Waals surface area contributed by atoms with Crippen molar-refractivity contribution in [2.24, 2.45) is 0 Å². The van der Waals surface area contributed by atoms with Crippen molar-refractivity contribution in [1.82, 2.24) is 9.13 Å². The second-order valence-electron chi connectivity index (χ2n) is 11.3. The van der Waals surface area contributed by atoms with Gasteiger partial charge < -0.3 is 13.6 Å². The first-order chi connectivity index (χ1) is 21.3. The largest absolute Gasteiger partial charge is 0.456 e. The molecule has 10 rings (SSSR count). The summed E-state index contributed by atoms with van der Waals surface area (Å²) in [5.41, 5.74) is 8.98. The van der Waals surface area contributed by atoms with Crippen LogP contribution in [0, 0.1) is 0 Å². The lowest BCUT2D eigenvalue weighted by atomic mass is 10.0. The average molecular weight is 549 g/mol. The van der Waals surface area contributed by atoms with E-state index in [-0.39, 0.29) is 0 Å². The van der Waals surface area contributed by atoms with Crippen LogP contribution in [0.4, 0.5) is 0 Å². The molecule has 0 amide bonds. The zero-order valence-electron chi connectivity index (χ0n) is 23.2. The van der Waals surface area contributed by atoms with Gasteiger partial charge in [0.1, 0.15) is 11.2 Å². The molecule has 0 saturated heterocycles. The van der Waals surface area contributed by atoms with Crippen LogP contribution in [0.1, 0.15) is 0 Å². The molecule has 7 aromatic carbocycles. The third-order valence-electron chi connectivity index (χ3n) is 9.10. The van der Waals surface area contributed by atoms with E-state index in [0.29, 0.717) is 0 Å². The molecule has 3 heteroatoms. The number of furan rings is 1. The van der Waals surface area contributed by atoms with Crippen molar-refractivity contribution in [1.29, 1.82) is 0 Å². The summed E-state index contributed by atoms with van der Waals surface area (Å²) in [7, 11) is 0. The van der Waals surface area contributed by atoms with Crippen LogP contribution < -0.4 is 0 Å². The van der Waals surface area contributed by atoms with E-state index in [2.05, 4.69) is 143 Å². The van der Waals surface area contributed by atoms with E-state index < -0.39 is 0 Å². The molecule has 0 fully saturated rings. The zero-order chi connectivity index (χ0) is 28.1. The molecule has 0 aliphatic carbocycles. The lowest BCUT2D eigenvalue weighted by Crippen LogP contribution is -1.95. The van der Waals surface area contributed by atoms with Gasteiger partial charge in [0.2, 0.25) is 0 Å². The van der Waals surface area contributed by atoms with Crippen LogP contribution in [0.25, 0.3) is 87.7 Å². The zero-order valence-corrected chi connectivity index (χ0v) is 23.2. The van der Waals surface area contributed by atoms with Crippen molar-refractivity contribution in [3.8, 4) is 11.4 Å². The molecule has 0 saturated carbocycles. The van der Waals surface area contributed by atoms with Gasteiger partial charge in [0.05, 0.1) is 22.1 Å². The van der Waals surface area contributed by atoms with Gasteiger partial charge in [-0.25, -0.2) is 0 Å². The Morgan fingerprint density at radius 1 is 0.349 bits per heavy atom. The first-order valence-corrected chi connectivity index (χ1v) is 14.7. The molecule has 0 spiro atoms. The molecule has 0 atom stereocenters. The van der Waals surface area contributed by atoms with Crippen LogP contribution in [0.2, 0.25) is 0 Å². The summed E-state index contributed by atoms with van der Waals surface area (Å²) < 4.78 is 11.0. The summed E-state index contributed by atoms with van der Waals surface area (Å²) in [6, 6.07) is 52.3. The van der Waals surface area contributed by atoms with Crippen LogP contribution in [-0.4, -0.2) is 9.13 Å². The number of rotatable bonds is 2. The van der Waals surface area contributed by atoms with Gasteiger partial charge in [0, 0.05) is 49.1 Å². The number of nitrogens with zero attached hydrogens (tertiary/aromatic N) is 2. The summed E-state index contributed by atoms with van der Waals surface area (Å²) in [6.07, 6.45) is 0. The van der Waals surface area contributed by atoms with Crippen molar-refractivity contribution < 1.29 is 4.42 Å². The molecule has 0 radical (unpaired) electrons. The van der Waals surface area contributed by atoms with Gasteiger partial charge in [-0.15, -0.1) is 0 Å². The molecule has 200 valence electrons. The third kappa shape index (κ3) is 3.03.